The van der Waals surface area contributed by atoms with E-state index < -0.39 is 6.10 Å². The molecule has 0 saturated carbocycles. The second kappa shape index (κ2) is 8.68. The van der Waals surface area contributed by atoms with E-state index in [-0.39, 0.29) is 11.5 Å². The van der Waals surface area contributed by atoms with Gasteiger partial charge in [-0.05, 0) is 61.6 Å². The number of benzene rings is 2. The number of hydrogen-bond acceptors (Lipinski definition) is 4. The van der Waals surface area contributed by atoms with Gasteiger partial charge in [0.05, 0.1) is 5.39 Å². The highest BCUT2D eigenvalue weighted by molar-refractivity contribution is 5.88. The first kappa shape index (κ1) is 20.7. The molecule has 6 nitrogen and oxygen atoms in total. The van der Waals surface area contributed by atoms with Crippen molar-refractivity contribution in [2.45, 2.75) is 39.7 Å². The number of fused-ring (bicyclic) bond motifs is 2. The zero-order valence-corrected chi connectivity index (χ0v) is 18.0. The number of amides is 1. The zero-order valence-electron chi connectivity index (χ0n) is 18.0. The fraction of sp³-hybridized carbons (Fsp3) is 0.280. The average Bonchev–Trinajstić information content (AvgIpc) is 3.15. The van der Waals surface area contributed by atoms with Gasteiger partial charge in [-0.15, -0.1) is 0 Å². The highest BCUT2D eigenvalue weighted by Gasteiger charge is 2.18. The number of aromatic amines is 1. The second-order valence-corrected chi connectivity index (χ2v) is 7.74. The number of aromatic nitrogens is 1. The molecule has 1 atom stereocenters. The van der Waals surface area contributed by atoms with Crippen molar-refractivity contribution in [3.63, 3.8) is 0 Å². The molecule has 1 amide bonds. The highest BCUT2D eigenvalue weighted by Crippen LogP contribution is 2.31. The van der Waals surface area contributed by atoms with Crippen LogP contribution in [0.5, 0.6) is 5.75 Å². The van der Waals surface area contributed by atoms with Gasteiger partial charge in [-0.3, -0.25) is 4.79 Å². The Morgan fingerprint density at radius 2 is 2.00 bits per heavy atom. The quantitative estimate of drug-likeness (QED) is 0.439. The number of para-hydroxylation sites is 1. The van der Waals surface area contributed by atoms with Crippen LogP contribution < -0.4 is 15.7 Å². The summed E-state index contributed by atoms with van der Waals surface area (Å²) in [6, 6.07) is 13.3. The van der Waals surface area contributed by atoms with E-state index in [1.54, 1.807) is 6.92 Å². The average molecular weight is 418 g/mol. The molecular weight excluding hydrogens is 392 g/mol. The number of nitrogens with one attached hydrogen (secondary N) is 2. The van der Waals surface area contributed by atoms with Gasteiger partial charge in [-0.1, -0.05) is 25.1 Å². The first-order chi connectivity index (χ1) is 15.0. The summed E-state index contributed by atoms with van der Waals surface area (Å²) in [5, 5.41) is 4.86. The standard InChI is InChI=1S/C25H26N2O4/c1-4-17-13-23(28)31-22-12-15(2)11-21(24(17)22)30-16(3)25(29)26-10-9-18-14-27-20-8-6-5-7-19(18)20/h5-8,11-14,16,27H,4,9-10H2,1-3H3,(H,26,29). The fourth-order valence-electron chi connectivity index (χ4n) is 3.89. The number of rotatable bonds is 7. The Hall–Kier alpha value is -3.54. The lowest BCUT2D eigenvalue weighted by molar-refractivity contribution is -0.127. The molecule has 160 valence electrons. The Labute approximate surface area is 180 Å². The summed E-state index contributed by atoms with van der Waals surface area (Å²) in [5.74, 6) is 0.361. The highest BCUT2D eigenvalue weighted by atomic mass is 16.5. The van der Waals surface area contributed by atoms with E-state index in [0.29, 0.717) is 24.3 Å². The summed E-state index contributed by atoms with van der Waals surface area (Å²) in [4.78, 5) is 27.7. The molecule has 0 aliphatic heterocycles. The van der Waals surface area contributed by atoms with E-state index >= 15 is 0 Å². The predicted octanol–water partition coefficient (Wildman–Crippen LogP) is 4.27. The Balaban J connectivity index is 1.46. The molecule has 0 bridgehead atoms. The van der Waals surface area contributed by atoms with Gasteiger partial charge in [0.15, 0.2) is 6.10 Å². The van der Waals surface area contributed by atoms with Crippen molar-refractivity contribution in [1.29, 1.82) is 0 Å². The summed E-state index contributed by atoms with van der Waals surface area (Å²) >= 11 is 0. The maximum Gasteiger partial charge on any atom is 0.336 e. The number of aryl methyl sites for hydroxylation is 2. The van der Waals surface area contributed by atoms with E-state index in [1.807, 2.05) is 50.4 Å². The van der Waals surface area contributed by atoms with Crippen LogP contribution in [0.4, 0.5) is 0 Å². The number of H-pyrrole nitrogens is 1. The van der Waals surface area contributed by atoms with Gasteiger partial charge >= 0.3 is 5.63 Å². The summed E-state index contributed by atoms with van der Waals surface area (Å²) in [6.07, 6.45) is 2.67. The van der Waals surface area contributed by atoms with Crippen molar-refractivity contribution < 1.29 is 13.9 Å². The molecular formula is C25H26N2O4. The van der Waals surface area contributed by atoms with Crippen LogP contribution in [0, 0.1) is 6.92 Å². The number of hydrogen-bond donors (Lipinski definition) is 2. The van der Waals surface area contributed by atoms with Crippen LogP contribution in [0.2, 0.25) is 0 Å². The van der Waals surface area contributed by atoms with Gasteiger partial charge in [0.2, 0.25) is 0 Å². The van der Waals surface area contributed by atoms with E-state index in [4.69, 9.17) is 9.15 Å². The van der Waals surface area contributed by atoms with Crippen LogP contribution in [0.1, 0.15) is 30.5 Å². The molecule has 2 aromatic carbocycles. The Bertz CT molecular complexity index is 1300. The van der Waals surface area contributed by atoms with Crippen LogP contribution in [-0.4, -0.2) is 23.5 Å². The molecule has 1 unspecified atom stereocenters. The molecule has 0 saturated heterocycles. The minimum Gasteiger partial charge on any atom is -0.480 e. The van der Waals surface area contributed by atoms with Crippen molar-refractivity contribution in [2.75, 3.05) is 6.54 Å². The van der Waals surface area contributed by atoms with Crippen molar-refractivity contribution in [3.8, 4) is 5.75 Å². The lowest BCUT2D eigenvalue weighted by Gasteiger charge is -2.17. The van der Waals surface area contributed by atoms with Crippen molar-refractivity contribution in [2.24, 2.45) is 0 Å². The molecule has 0 fully saturated rings. The lowest BCUT2D eigenvalue weighted by Crippen LogP contribution is -2.37. The minimum absolute atomic E-state index is 0.190. The maximum atomic E-state index is 12.7. The Morgan fingerprint density at radius 3 is 2.81 bits per heavy atom. The number of carbonyl (C=O) groups excluding carboxylic acids is 1. The van der Waals surface area contributed by atoms with Crippen LogP contribution >= 0.6 is 0 Å². The summed E-state index contributed by atoms with van der Waals surface area (Å²) < 4.78 is 11.4. The smallest absolute Gasteiger partial charge is 0.336 e. The van der Waals surface area contributed by atoms with Crippen LogP contribution in [0.15, 0.2) is 57.9 Å². The van der Waals surface area contributed by atoms with Gasteiger partial charge in [0, 0.05) is 29.7 Å². The summed E-state index contributed by atoms with van der Waals surface area (Å²) in [7, 11) is 0. The fourth-order valence-corrected chi connectivity index (χ4v) is 3.89. The summed E-state index contributed by atoms with van der Waals surface area (Å²) in [6.45, 7) is 6.10. The van der Waals surface area contributed by atoms with Crippen molar-refractivity contribution in [1.82, 2.24) is 10.3 Å². The predicted molar refractivity (Wildman–Crippen MR) is 122 cm³/mol. The second-order valence-electron chi connectivity index (χ2n) is 7.74. The molecule has 4 rings (SSSR count). The van der Waals surface area contributed by atoms with Crippen molar-refractivity contribution in [3.05, 3.63) is 75.8 Å². The van der Waals surface area contributed by atoms with E-state index in [1.165, 1.54) is 11.5 Å². The first-order valence-corrected chi connectivity index (χ1v) is 10.5. The molecule has 0 radical (unpaired) electrons. The molecule has 4 aromatic rings. The topological polar surface area (TPSA) is 84.3 Å². The van der Waals surface area contributed by atoms with Crippen molar-refractivity contribution >= 4 is 27.8 Å². The largest absolute Gasteiger partial charge is 0.480 e. The van der Waals surface area contributed by atoms with E-state index in [0.717, 1.165) is 34.0 Å². The normalized spacial score (nSPS) is 12.2. The Morgan fingerprint density at radius 1 is 1.19 bits per heavy atom. The van der Waals surface area contributed by atoms with Crippen LogP contribution in [-0.2, 0) is 17.6 Å². The third-order valence-electron chi connectivity index (χ3n) is 5.46. The molecule has 2 aromatic heterocycles. The maximum absolute atomic E-state index is 12.7. The SMILES string of the molecule is CCc1cc(=O)oc2cc(C)cc(OC(C)C(=O)NCCc3c[nH]c4ccccc34)c12. The number of ether oxygens (including phenoxy) is 1. The van der Waals surface area contributed by atoms with E-state index in [9.17, 15) is 9.59 Å². The Kier molecular flexibility index (Phi) is 5.80. The van der Waals surface area contributed by atoms with Gasteiger partial charge in [0.25, 0.3) is 5.91 Å². The third-order valence-corrected chi connectivity index (χ3v) is 5.46. The third kappa shape index (κ3) is 4.33. The van der Waals surface area contributed by atoms with Gasteiger partial charge in [-0.2, -0.15) is 0 Å². The molecule has 0 spiro atoms. The minimum atomic E-state index is -0.690. The molecule has 2 N–H and O–H groups in total. The first-order valence-electron chi connectivity index (χ1n) is 10.5. The molecule has 0 aliphatic carbocycles. The monoisotopic (exact) mass is 418 g/mol. The van der Waals surface area contributed by atoms with E-state index in [2.05, 4.69) is 16.4 Å². The molecule has 0 aliphatic rings. The van der Waals surface area contributed by atoms with Gasteiger partial charge in [-0.25, -0.2) is 4.79 Å². The summed E-state index contributed by atoms with van der Waals surface area (Å²) in [5.41, 5.74) is 4.08. The lowest BCUT2D eigenvalue weighted by atomic mass is 10.0. The van der Waals surface area contributed by atoms with Crippen LogP contribution in [0.3, 0.4) is 0 Å². The van der Waals surface area contributed by atoms with Gasteiger partial charge < -0.3 is 19.5 Å². The molecule has 2 heterocycles. The number of carbonyl (C=O) groups is 1. The molecule has 31 heavy (non-hydrogen) atoms. The zero-order chi connectivity index (χ0) is 22.0. The van der Waals surface area contributed by atoms with Gasteiger partial charge in [0.1, 0.15) is 11.3 Å². The molecule has 6 heteroatoms. The van der Waals surface area contributed by atoms with Crippen LogP contribution in [0.25, 0.3) is 21.9 Å².